The Hall–Kier alpha value is -1.49. The van der Waals surface area contributed by atoms with Crippen molar-refractivity contribution >= 4 is 6.09 Å². The van der Waals surface area contributed by atoms with Crippen LogP contribution in [0.2, 0.25) is 0 Å². The maximum absolute atomic E-state index is 12.3. The number of carbonyl (C=O) groups is 1. The molecule has 1 aliphatic heterocycles. The number of amides is 1. The molecule has 1 aromatic heterocycles. The van der Waals surface area contributed by atoms with Gasteiger partial charge >= 0.3 is 6.09 Å². The first kappa shape index (κ1) is 16.9. The van der Waals surface area contributed by atoms with Gasteiger partial charge in [-0.05, 0) is 59.1 Å². The molecule has 0 saturated carbocycles. The molecular formula is C17H27NO4. The van der Waals surface area contributed by atoms with Gasteiger partial charge in [-0.3, -0.25) is 0 Å². The SMILES string of the molecule is C[C@@H](OC[C@@H]1CCCCN1C(=O)OC(C)(C)C)c1ccco1. The van der Waals surface area contributed by atoms with Gasteiger partial charge in [-0.2, -0.15) is 0 Å². The van der Waals surface area contributed by atoms with Crippen LogP contribution in [0.25, 0.3) is 0 Å². The van der Waals surface area contributed by atoms with Crippen LogP contribution in [0.3, 0.4) is 0 Å². The Kier molecular flexibility index (Phi) is 5.51. The summed E-state index contributed by atoms with van der Waals surface area (Å²) >= 11 is 0. The third-order valence-electron chi connectivity index (χ3n) is 3.74. The van der Waals surface area contributed by atoms with Crippen LogP contribution >= 0.6 is 0 Å². The van der Waals surface area contributed by atoms with E-state index in [4.69, 9.17) is 13.9 Å². The topological polar surface area (TPSA) is 51.9 Å². The molecule has 0 aliphatic carbocycles. The van der Waals surface area contributed by atoms with Gasteiger partial charge in [0.1, 0.15) is 17.5 Å². The first-order valence-corrected chi connectivity index (χ1v) is 8.01. The second-order valence-electron chi connectivity index (χ2n) is 6.81. The average molecular weight is 309 g/mol. The van der Waals surface area contributed by atoms with Crippen molar-refractivity contribution in [3.63, 3.8) is 0 Å². The summed E-state index contributed by atoms with van der Waals surface area (Å²) in [5, 5.41) is 0. The normalized spacial score (nSPS) is 20.7. The van der Waals surface area contributed by atoms with Crippen molar-refractivity contribution in [2.45, 2.75) is 64.7 Å². The smallest absolute Gasteiger partial charge is 0.410 e. The van der Waals surface area contributed by atoms with Gasteiger partial charge < -0.3 is 18.8 Å². The van der Waals surface area contributed by atoms with E-state index in [1.54, 1.807) is 6.26 Å². The molecular weight excluding hydrogens is 282 g/mol. The zero-order valence-electron chi connectivity index (χ0n) is 14.0. The number of piperidine rings is 1. The van der Waals surface area contributed by atoms with Gasteiger partial charge in [-0.15, -0.1) is 0 Å². The Morgan fingerprint density at radius 2 is 2.23 bits per heavy atom. The first-order chi connectivity index (χ1) is 10.4. The Labute approximate surface area is 132 Å². The van der Waals surface area contributed by atoms with Crippen LogP contribution < -0.4 is 0 Å². The lowest BCUT2D eigenvalue weighted by molar-refractivity contribution is -0.0248. The van der Waals surface area contributed by atoms with Crippen LogP contribution in [-0.2, 0) is 9.47 Å². The molecule has 0 spiro atoms. The zero-order valence-corrected chi connectivity index (χ0v) is 14.0. The fourth-order valence-corrected chi connectivity index (χ4v) is 2.59. The van der Waals surface area contributed by atoms with Gasteiger partial charge in [0.25, 0.3) is 0 Å². The molecule has 0 bridgehead atoms. The number of rotatable bonds is 4. The van der Waals surface area contributed by atoms with E-state index in [1.165, 1.54) is 0 Å². The molecule has 5 nitrogen and oxygen atoms in total. The molecule has 2 atom stereocenters. The molecule has 1 aliphatic rings. The maximum Gasteiger partial charge on any atom is 0.410 e. The second-order valence-corrected chi connectivity index (χ2v) is 6.81. The molecule has 0 radical (unpaired) electrons. The maximum atomic E-state index is 12.3. The van der Waals surface area contributed by atoms with E-state index in [-0.39, 0.29) is 18.2 Å². The van der Waals surface area contributed by atoms with Crippen molar-refractivity contribution in [2.24, 2.45) is 0 Å². The number of hydrogen-bond donors (Lipinski definition) is 0. The summed E-state index contributed by atoms with van der Waals surface area (Å²) in [6.45, 7) is 8.86. The quantitative estimate of drug-likeness (QED) is 0.838. The highest BCUT2D eigenvalue weighted by molar-refractivity contribution is 5.68. The second kappa shape index (κ2) is 7.18. The minimum absolute atomic E-state index is 0.0704. The van der Waals surface area contributed by atoms with E-state index in [2.05, 4.69) is 0 Å². The molecule has 5 heteroatoms. The fraction of sp³-hybridized carbons (Fsp3) is 0.706. The Morgan fingerprint density at radius 3 is 2.86 bits per heavy atom. The fourth-order valence-electron chi connectivity index (χ4n) is 2.59. The molecule has 1 aromatic rings. The predicted molar refractivity (Wildman–Crippen MR) is 83.7 cm³/mol. The number of furan rings is 1. The molecule has 2 heterocycles. The number of carbonyl (C=O) groups excluding carboxylic acids is 1. The lowest BCUT2D eigenvalue weighted by atomic mass is 10.0. The number of likely N-dealkylation sites (tertiary alicyclic amines) is 1. The summed E-state index contributed by atoms with van der Waals surface area (Å²) in [6, 6.07) is 3.82. The average Bonchev–Trinajstić information content (AvgIpc) is 2.97. The van der Waals surface area contributed by atoms with Gasteiger partial charge in [0, 0.05) is 6.54 Å². The van der Waals surface area contributed by atoms with Crippen molar-refractivity contribution in [3.8, 4) is 0 Å². The van der Waals surface area contributed by atoms with Crippen LogP contribution in [0.1, 0.15) is 58.8 Å². The molecule has 0 N–H and O–H groups in total. The van der Waals surface area contributed by atoms with Crippen LogP contribution in [0.4, 0.5) is 4.79 Å². The molecule has 2 rings (SSSR count). The van der Waals surface area contributed by atoms with Crippen molar-refractivity contribution < 1.29 is 18.7 Å². The van der Waals surface area contributed by atoms with Gasteiger partial charge in [0.2, 0.25) is 0 Å². The third-order valence-corrected chi connectivity index (χ3v) is 3.74. The van der Waals surface area contributed by atoms with E-state index < -0.39 is 5.60 Å². The molecule has 1 amide bonds. The third kappa shape index (κ3) is 4.77. The summed E-state index contributed by atoms with van der Waals surface area (Å²) in [5.41, 5.74) is -0.471. The Balaban J connectivity index is 1.90. The van der Waals surface area contributed by atoms with Crippen molar-refractivity contribution in [2.75, 3.05) is 13.2 Å². The van der Waals surface area contributed by atoms with Crippen LogP contribution in [0, 0.1) is 0 Å². The van der Waals surface area contributed by atoms with Gasteiger partial charge in [-0.1, -0.05) is 0 Å². The predicted octanol–water partition coefficient (Wildman–Crippen LogP) is 4.15. The lowest BCUT2D eigenvalue weighted by Gasteiger charge is -2.36. The minimum Gasteiger partial charge on any atom is -0.467 e. The molecule has 0 unspecified atom stereocenters. The molecule has 22 heavy (non-hydrogen) atoms. The summed E-state index contributed by atoms with van der Waals surface area (Å²) in [4.78, 5) is 14.1. The number of nitrogens with zero attached hydrogens (tertiary/aromatic N) is 1. The molecule has 1 saturated heterocycles. The summed E-state index contributed by atoms with van der Waals surface area (Å²) in [6.07, 6.45) is 4.36. The Bertz CT molecular complexity index is 464. The highest BCUT2D eigenvalue weighted by atomic mass is 16.6. The number of ether oxygens (including phenoxy) is 2. The zero-order chi connectivity index (χ0) is 16.2. The van der Waals surface area contributed by atoms with E-state index in [1.807, 2.05) is 44.7 Å². The monoisotopic (exact) mass is 309 g/mol. The minimum atomic E-state index is -0.471. The first-order valence-electron chi connectivity index (χ1n) is 8.01. The summed E-state index contributed by atoms with van der Waals surface area (Å²) in [7, 11) is 0. The summed E-state index contributed by atoms with van der Waals surface area (Å²) in [5.74, 6) is 0.805. The van der Waals surface area contributed by atoms with Crippen molar-refractivity contribution in [1.82, 2.24) is 4.90 Å². The summed E-state index contributed by atoms with van der Waals surface area (Å²) < 4.78 is 16.7. The molecule has 1 fully saturated rings. The standard InChI is InChI=1S/C17H27NO4/c1-13(15-9-7-11-20-15)21-12-14-8-5-6-10-18(14)16(19)22-17(2,3)4/h7,9,11,13-14H,5-6,8,10,12H2,1-4H3/t13-,14+/m1/s1. The van der Waals surface area contributed by atoms with E-state index >= 15 is 0 Å². The van der Waals surface area contributed by atoms with E-state index in [9.17, 15) is 4.79 Å². The van der Waals surface area contributed by atoms with Crippen LogP contribution in [-0.4, -0.2) is 35.8 Å². The highest BCUT2D eigenvalue weighted by Gasteiger charge is 2.31. The highest BCUT2D eigenvalue weighted by Crippen LogP contribution is 2.23. The van der Waals surface area contributed by atoms with Crippen LogP contribution in [0.5, 0.6) is 0 Å². The van der Waals surface area contributed by atoms with E-state index in [0.717, 1.165) is 31.6 Å². The number of hydrogen-bond acceptors (Lipinski definition) is 4. The molecule has 0 aromatic carbocycles. The van der Waals surface area contributed by atoms with Crippen molar-refractivity contribution in [3.05, 3.63) is 24.2 Å². The lowest BCUT2D eigenvalue weighted by Crippen LogP contribution is -2.48. The van der Waals surface area contributed by atoms with Gasteiger partial charge in [0.05, 0.1) is 18.9 Å². The van der Waals surface area contributed by atoms with Crippen LogP contribution in [0.15, 0.2) is 22.8 Å². The van der Waals surface area contributed by atoms with Crippen molar-refractivity contribution in [1.29, 1.82) is 0 Å². The van der Waals surface area contributed by atoms with Gasteiger partial charge in [0.15, 0.2) is 0 Å². The van der Waals surface area contributed by atoms with Gasteiger partial charge in [-0.25, -0.2) is 4.79 Å². The Morgan fingerprint density at radius 1 is 1.45 bits per heavy atom. The largest absolute Gasteiger partial charge is 0.467 e. The van der Waals surface area contributed by atoms with E-state index in [0.29, 0.717) is 6.61 Å². The molecule has 124 valence electrons.